The van der Waals surface area contributed by atoms with E-state index >= 15 is 0 Å². The van der Waals surface area contributed by atoms with Gasteiger partial charge in [-0.1, -0.05) is 36.5 Å². The van der Waals surface area contributed by atoms with E-state index in [1.807, 2.05) is 48.5 Å². The van der Waals surface area contributed by atoms with Crippen LogP contribution < -0.4 is 10.1 Å². The van der Waals surface area contributed by atoms with Crippen LogP contribution in [-0.2, 0) is 0 Å². The Kier molecular flexibility index (Phi) is 3.39. The molecule has 2 N–H and O–H groups in total. The third-order valence-electron chi connectivity index (χ3n) is 3.10. The van der Waals surface area contributed by atoms with Crippen molar-refractivity contribution in [2.24, 2.45) is 0 Å². The largest absolute Gasteiger partial charge is 0.497 e. The Morgan fingerprint density at radius 2 is 1.95 bits per heavy atom. The van der Waals surface area contributed by atoms with Gasteiger partial charge in [-0.25, -0.2) is 0 Å². The van der Waals surface area contributed by atoms with E-state index in [2.05, 4.69) is 16.4 Å². The fourth-order valence-electron chi connectivity index (χ4n) is 2.09. The van der Waals surface area contributed by atoms with Gasteiger partial charge < -0.3 is 15.0 Å². The molecule has 20 heavy (non-hydrogen) atoms. The zero-order chi connectivity index (χ0) is 13.9. The normalized spacial score (nSPS) is 10.4. The molecule has 2 aromatic carbocycles. The first kappa shape index (κ1) is 12.7. The molecule has 100 valence electrons. The van der Waals surface area contributed by atoms with E-state index in [4.69, 9.17) is 17.0 Å². The van der Waals surface area contributed by atoms with Crippen molar-refractivity contribution in [2.75, 3.05) is 12.4 Å². The number of fused-ring (bicyclic) bond motifs is 1. The fraction of sp³-hybridized carbons (Fsp3) is 0.0625. The number of methoxy groups -OCH3 is 1. The van der Waals surface area contributed by atoms with Gasteiger partial charge in [-0.05, 0) is 24.3 Å². The van der Waals surface area contributed by atoms with Crippen LogP contribution in [0.4, 0.5) is 5.69 Å². The predicted octanol–water partition coefficient (Wildman–Crippen LogP) is 3.96. The van der Waals surface area contributed by atoms with Gasteiger partial charge in [-0.15, -0.1) is 0 Å². The van der Waals surface area contributed by atoms with Gasteiger partial charge in [0, 0.05) is 22.7 Å². The van der Waals surface area contributed by atoms with Crippen LogP contribution in [0.25, 0.3) is 10.9 Å². The molecule has 0 bridgehead atoms. The SMILES string of the molecule is COc1cccc(NC(=S)c2cc3ccccc3[nH]2)c1. The number of hydrogen-bond acceptors (Lipinski definition) is 2. The van der Waals surface area contributed by atoms with Crippen molar-refractivity contribution >= 4 is 33.8 Å². The van der Waals surface area contributed by atoms with Crippen LogP contribution in [0.3, 0.4) is 0 Å². The summed E-state index contributed by atoms with van der Waals surface area (Å²) in [6.07, 6.45) is 0. The summed E-state index contributed by atoms with van der Waals surface area (Å²) in [6.45, 7) is 0. The Hall–Kier alpha value is -2.33. The van der Waals surface area contributed by atoms with Gasteiger partial charge in [-0.2, -0.15) is 0 Å². The molecule has 3 nitrogen and oxygen atoms in total. The molecule has 1 aromatic heterocycles. The average Bonchev–Trinajstić information content (AvgIpc) is 2.91. The molecule has 3 rings (SSSR count). The molecule has 0 unspecified atom stereocenters. The summed E-state index contributed by atoms with van der Waals surface area (Å²) in [5, 5.41) is 4.36. The Morgan fingerprint density at radius 1 is 1.10 bits per heavy atom. The lowest BCUT2D eigenvalue weighted by Gasteiger charge is -2.07. The molecule has 4 heteroatoms. The lowest BCUT2D eigenvalue weighted by Crippen LogP contribution is -2.10. The van der Waals surface area contributed by atoms with Crippen molar-refractivity contribution in [1.82, 2.24) is 4.98 Å². The van der Waals surface area contributed by atoms with Crippen molar-refractivity contribution in [1.29, 1.82) is 0 Å². The highest BCUT2D eigenvalue weighted by atomic mass is 32.1. The highest BCUT2D eigenvalue weighted by molar-refractivity contribution is 7.81. The summed E-state index contributed by atoms with van der Waals surface area (Å²) < 4.78 is 5.20. The quantitative estimate of drug-likeness (QED) is 0.714. The maximum Gasteiger partial charge on any atom is 0.127 e. The molecule has 0 aliphatic carbocycles. The first-order valence-corrected chi connectivity index (χ1v) is 6.70. The van der Waals surface area contributed by atoms with Crippen LogP contribution in [0.2, 0.25) is 0 Å². The number of rotatable bonds is 3. The van der Waals surface area contributed by atoms with Gasteiger partial charge in [0.15, 0.2) is 0 Å². The minimum Gasteiger partial charge on any atom is -0.497 e. The lowest BCUT2D eigenvalue weighted by atomic mass is 10.2. The number of aromatic nitrogens is 1. The third kappa shape index (κ3) is 2.51. The van der Waals surface area contributed by atoms with Gasteiger partial charge in [0.05, 0.1) is 12.8 Å². The van der Waals surface area contributed by atoms with Crippen LogP contribution in [0.5, 0.6) is 5.75 Å². The summed E-state index contributed by atoms with van der Waals surface area (Å²) in [5.41, 5.74) is 2.90. The molecule has 0 radical (unpaired) electrons. The highest BCUT2D eigenvalue weighted by Crippen LogP contribution is 2.19. The zero-order valence-corrected chi connectivity index (χ0v) is 11.8. The minimum absolute atomic E-state index is 0.662. The van der Waals surface area contributed by atoms with E-state index in [-0.39, 0.29) is 0 Å². The smallest absolute Gasteiger partial charge is 0.127 e. The molecule has 0 aliphatic heterocycles. The Balaban J connectivity index is 1.85. The summed E-state index contributed by atoms with van der Waals surface area (Å²) in [7, 11) is 1.65. The van der Waals surface area contributed by atoms with E-state index in [9.17, 15) is 0 Å². The highest BCUT2D eigenvalue weighted by Gasteiger charge is 2.06. The van der Waals surface area contributed by atoms with E-state index in [0.29, 0.717) is 4.99 Å². The molecular formula is C16H14N2OS. The Morgan fingerprint density at radius 3 is 2.75 bits per heavy atom. The molecule has 0 spiro atoms. The number of aromatic amines is 1. The molecule has 0 saturated carbocycles. The molecule has 1 heterocycles. The number of nitrogens with one attached hydrogen (secondary N) is 2. The maximum absolute atomic E-state index is 5.44. The predicted molar refractivity (Wildman–Crippen MR) is 86.6 cm³/mol. The first-order chi connectivity index (χ1) is 9.76. The number of anilines is 1. The summed E-state index contributed by atoms with van der Waals surface area (Å²) >= 11 is 5.44. The van der Waals surface area contributed by atoms with Crippen LogP contribution in [0.15, 0.2) is 54.6 Å². The van der Waals surface area contributed by atoms with Gasteiger partial charge in [0.2, 0.25) is 0 Å². The summed E-state index contributed by atoms with van der Waals surface area (Å²) in [6, 6.07) is 17.8. The first-order valence-electron chi connectivity index (χ1n) is 6.29. The summed E-state index contributed by atoms with van der Waals surface area (Å²) in [5.74, 6) is 0.800. The van der Waals surface area contributed by atoms with Gasteiger partial charge in [-0.3, -0.25) is 0 Å². The minimum atomic E-state index is 0.662. The van der Waals surface area contributed by atoms with Gasteiger partial charge >= 0.3 is 0 Å². The second-order valence-corrected chi connectivity index (χ2v) is 4.86. The monoisotopic (exact) mass is 282 g/mol. The molecule has 0 atom stereocenters. The van der Waals surface area contributed by atoms with E-state index < -0.39 is 0 Å². The molecule has 0 amide bonds. The van der Waals surface area contributed by atoms with Gasteiger partial charge in [0.1, 0.15) is 10.7 Å². The summed E-state index contributed by atoms with van der Waals surface area (Å²) in [4.78, 5) is 3.97. The van der Waals surface area contributed by atoms with E-state index in [1.54, 1.807) is 7.11 Å². The molecule has 0 saturated heterocycles. The van der Waals surface area contributed by atoms with Crippen LogP contribution in [-0.4, -0.2) is 17.1 Å². The van der Waals surface area contributed by atoms with Crippen LogP contribution in [0, 0.1) is 0 Å². The number of thiocarbonyl (C=S) groups is 1. The van der Waals surface area contributed by atoms with Crippen LogP contribution >= 0.6 is 12.2 Å². The number of H-pyrrole nitrogens is 1. The molecule has 0 fully saturated rings. The maximum atomic E-state index is 5.44. The van der Waals surface area contributed by atoms with Gasteiger partial charge in [0.25, 0.3) is 0 Å². The fourth-order valence-corrected chi connectivity index (χ4v) is 2.32. The second kappa shape index (κ2) is 5.35. The average molecular weight is 282 g/mol. The van der Waals surface area contributed by atoms with E-state index in [0.717, 1.165) is 28.0 Å². The molecular weight excluding hydrogens is 268 g/mol. The second-order valence-electron chi connectivity index (χ2n) is 4.46. The number of para-hydroxylation sites is 1. The van der Waals surface area contributed by atoms with E-state index in [1.165, 1.54) is 0 Å². The zero-order valence-electron chi connectivity index (χ0n) is 11.0. The van der Waals surface area contributed by atoms with Crippen molar-refractivity contribution < 1.29 is 4.74 Å². The Labute approximate surface area is 122 Å². The number of hydrogen-bond donors (Lipinski definition) is 2. The molecule has 3 aromatic rings. The Bertz CT molecular complexity index is 731. The molecule has 0 aliphatic rings. The van der Waals surface area contributed by atoms with Crippen molar-refractivity contribution in [2.45, 2.75) is 0 Å². The van der Waals surface area contributed by atoms with Crippen molar-refractivity contribution in [3.63, 3.8) is 0 Å². The topological polar surface area (TPSA) is 37.0 Å². The lowest BCUT2D eigenvalue weighted by molar-refractivity contribution is 0.415. The van der Waals surface area contributed by atoms with Crippen LogP contribution in [0.1, 0.15) is 5.69 Å². The number of benzene rings is 2. The standard InChI is InChI=1S/C16H14N2OS/c1-19-13-7-4-6-12(10-13)17-16(20)15-9-11-5-2-3-8-14(11)18-15/h2-10,18H,1H3,(H,17,20). The third-order valence-corrected chi connectivity index (χ3v) is 3.42. The van der Waals surface area contributed by atoms with Crippen molar-refractivity contribution in [3.05, 3.63) is 60.3 Å². The number of ether oxygens (including phenoxy) is 1. The van der Waals surface area contributed by atoms with Crippen molar-refractivity contribution in [3.8, 4) is 5.75 Å².